The average Bonchev–Trinajstić information content (AvgIpc) is 2.82. The Morgan fingerprint density at radius 1 is 1.11 bits per heavy atom. The van der Waals surface area contributed by atoms with Crippen molar-refractivity contribution in [3.8, 4) is 0 Å². The first-order valence-electron chi connectivity index (χ1n) is 12.0. The van der Waals surface area contributed by atoms with E-state index in [1.807, 2.05) is 13.8 Å². The van der Waals surface area contributed by atoms with E-state index in [0.29, 0.717) is 11.4 Å². The quantitative estimate of drug-likeness (QED) is 0.407. The highest BCUT2D eigenvalue weighted by atomic mass is 35.5. The maximum absolute atomic E-state index is 13.2. The van der Waals surface area contributed by atoms with Crippen LogP contribution in [0, 0.1) is 5.92 Å². The largest absolute Gasteiger partial charge is 0.552 e. The van der Waals surface area contributed by atoms with Crippen LogP contribution in [-0.2, 0) is 28.5 Å². The van der Waals surface area contributed by atoms with Crippen molar-refractivity contribution in [1.82, 2.24) is 20.4 Å². The minimum Gasteiger partial charge on any atom is -0.508 e. The first-order chi connectivity index (χ1) is 17.6. The molecule has 1 unspecified atom stereocenters. The molecule has 4 amide bonds. The Hall–Kier alpha value is -2.83. The molecule has 208 valence electrons. The van der Waals surface area contributed by atoms with E-state index in [9.17, 15) is 24.0 Å². The van der Waals surface area contributed by atoms with Gasteiger partial charge in [0.15, 0.2) is 5.60 Å². The van der Waals surface area contributed by atoms with Crippen LogP contribution >= 0.6 is 23.2 Å². The molecule has 11 nitrogen and oxygen atoms in total. The number of carbonyl (C=O) groups excluding carboxylic acids is 5. The summed E-state index contributed by atoms with van der Waals surface area (Å²) in [6.45, 7) is 3.36. The highest BCUT2D eigenvalue weighted by molar-refractivity contribution is 6.50. The van der Waals surface area contributed by atoms with Crippen LogP contribution in [0.2, 0.25) is 10.0 Å². The molecule has 1 aromatic rings. The Labute approximate surface area is 232 Å². The van der Waals surface area contributed by atoms with Crippen molar-refractivity contribution in [3.05, 3.63) is 33.8 Å². The summed E-state index contributed by atoms with van der Waals surface area (Å²) in [5, 5.41) is 5.66. The van der Waals surface area contributed by atoms with E-state index < -0.39 is 61.2 Å². The van der Waals surface area contributed by atoms with Gasteiger partial charge in [-0.05, 0) is 30.5 Å². The fourth-order valence-corrected chi connectivity index (χ4v) is 4.28. The number of likely N-dealkylation sites (N-methyl/N-ethyl adjacent to an activating group) is 1. The predicted octanol–water partition coefficient (Wildman–Crippen LogP) is 1.55. The summed E-state index contributed by atoms with van der Waals surface area (Å²) in [6, 6.07) is 4.38. The van der Waals surface area contributed by atoms with E-state index in [2.05, 4.69) is 10.6 Å². The smallest absolute Gasteiger partial charge is 0.508 e. The summed E-state index contributed by atoms with van der Waals surface area (Å²) in [5.74, 6) is -3.79. The maximum atomic E-state index is 13.2. The molecule has 0 aromatic heterocycles. The van der Waals surface area contributed by atoms with Gasteiger partial charge in [0.25, 0.3) is 17.8 Å². The molecule has 14 heteroatoms. The second-order valence-corrected chi connectivity index (χ2v) is 10.8. The average molecular weight is 571 g/mol. The van der Waals surface area contributed by atoms with E-state index in [4.69, 9.17) is 32.5 Å². The third-order valence-corrected chi connectivity index (χ3v) is 6.30. The lowest BCUT2D eigenvalue weighted by Gasteiger charge is -2.41. The summed E-state index contributed by atoms with van der Waals surface area (Å²) in [4.78, 5) is 66.3. The van der Waals surface area contributed by atoms with Gasteiger partial charge in [-0.3, -0.25) is 24.0 Å². The van der Waals surface area contributed by atoms with Crippen LogP contribution in [0.5, 0.6) is 0 Å². The Morgan fingerprint density at radius 2 is 1.76 bits per heavy atom. The van der Waals surface area contributed by atoms with Crippen molar-refractivity contribution in [1.29, 1.82) is 0 Å². The number of halogens is 2. The summed E-state index contributed by atoms with van der Waals surface area (Å²) >= 11 is 12.0. The lowest BCUT2D eigenvalue weighted by atomic mass is 9.70. The molecule has 1 fully saturated rings. The lowest BCUT2D eigenvalue weighted by Crippen LogP contribution is -2.63. The summed E-state index contributed by atoms with van der Waals surface area (Å²) in [6.07, 6.45) is -0.536. The van der Waals surface area contributed by atoms with Crippen molar-refractivity contribution < 1.29 is 33.3 Å². The van der Waals surface area contributed by atoms with Gasteiger partial charge in [0.1, 0.15) is 0 Å². The zero-order chi connectivity index (χ0) is 28.8. The third-order valence-electron chi connectivity index (χ3n) is 5.73. The van der Waals surface area contributed by atoms with E-state index >= 15 is 0 Å². The normalized spacial score (nSPS) is 17.9. The van der Waals surface area contributed by atoms with E-state index in [1.165, 1.54) is 56.2 Å². The molecule has 0 aliphatic carbocycles. The number of nitrogens with one attached hydrogen (secondary N) is 2. The molecule has 0 bridgehead atoms. The topological polar surface area (TPSA) is 134 Å². The Kier molecular flexibility index (Phi) is 11.0. The number of hydrogen-bond acceptors (Lipinski definition) is 7. The van der Waals surface area contributed by atoms with Crippen LogP contribution in [0.25, 0.3) is 0 Å². The van der Waals surface area contributed by atoms with Gasteiger partial charge < -0.3 is 29.7 Å². The minimum atomic E-state index is -1.80. The monoisotopic (exact) mass is 570 g/mol. The standard InChI is InChI=1S/C24H33BCl2N4O7/c1-14(2)9-18(29-19(32)13-28-22(35)16-10-15(26)7-8-17(16)27)25-37-21(34)12-24(38-25,23(36)31(5)6)11-20(33)30(3)4/h7-8,10,14,18H,9,11-13H2,1-6H3,(H,28,35)(H,29,32)/t18-,24?/m0/s1. The van der Waals surface area contributed by atoms with Gasteiger partial charge in [-0.15, -0.1) is 0 Å². The molecular weight excluding hydrogens is 538 g/mol. The van der Waals surface area contributed by atoms with E-state index in [0.717, 1.165) is 0 Å². The van der Waals surface area contributed by atoms with Crippen LogP contribution < -0.4 is 10.6 Å². The number of benzene rings is 1. The first kappa shape index (κ1) is 31.4. The van der Waals surface area contributed by atoms with Crippen LogP contribution in [0.15, 0.2) is 18.2 Å². The van der Waals surface area contributed by atoms with Crippen LogP contribution in [-0.4, -0.2) is 92.8 Å². The number of rotatable bonds is 10. The Bertz CT molecular complexity index is 1090. The number of carbonyl (C=O) groups is 5. The van der Waals surface area contributed by atoms with Gasteiger partial charge in [-0.2, -0.15) is 0 Å². The molecule has 1 saturated heterocycles. The SMILES string of the molecule is CC(C)C[C@H](NC(=O)CNC(=O)c1cc(Cl)ccc1Cl)B1OC(=O)CC(CC(=O)N(C)C)(C(=O)N(C)C)O1. The van der Waals surface area contributed by atoms with Crippen molar-refractivity contribution in [2.75, 3.05) is 34.7 Å². The van der Waals surface area contributed by atoms with Gasteiger partial charge >= 0.3 is 7.12 Å². The number of amides is 4. The fourth-order valence-electron chi connectivity index (χ4n) is 3.90. The molecular formula is C24H33BCl2N4O7. The highest BCUT2D eigenvalue weighted by Crippen LogP contribution is 2.31. The van der Waals surface area contributed by atoms with Gasteiger partial charge in [0, 0.05) is 33.2 Å². The zero-order valence-electron chi connectivity index (χ0n) is 22.3. The number of nitrogens with zero attached hydrogens (tertiary/aromatic N) is 2. The minimum absolute atomic E-state index is 0.0201. The highest BCUT2D eigenvalue weighted by Gasteiger charge is 2.55. The van der Waals surface area contributed by atoms with Gasteiger partial charge in [0.2, 0.25) is 11.8 Å². The van der Waals surface area contributed by atoms with Crippen molar-refractivity contribution in [2.45, 2.75) is 44.7 Å². The molecule has 2 N–H and O–H groups in total. The molecule has 0 saturated carbocycles. The molecule has 1 aliphatic rings. The molecule has 38 heavy (non-hydrogen) atoms. The molecule has 1 aromatic carbocycles. The van der Waals surface area contributed by atoms with Gasteiger partial charge in [0.05, 0.1) is 35.9 Å². The van der Waals surface area contributed by atoms with Crippen molar-refractivity contribution >= 4 is 59.9 Å². The fraction of sp³-hybridized carbons (Fsp3) is 0.542. The molecule has 1 heterocycles. The second kappa shape index (κ2) is 13.3. The van der Waals surface area contributed by atoms with E-state index in [1.54, 1.807) is 0 Å². The lowest BCUT2D eigenvalue weighted by molar-refractivity contribution is -0.167. The summed E-state index contributed by atoms with van der Waals surface area (Å²) in [5.41, 5.74) is -1.70. The van der Waals surface area contributed by atoms with Crippen molar-refractivity contribution in [3.63, 3.8) is 0 Å². The van der Waals surface area contributed by atoms with Crippen molar-refractivity contribution in [2.24, 2.45) is 5.92 Å². The summed E-state index contributed by atoms with van der Waals surface area (Å²) in [7, 11) is 4.69. The third kappa shape index (κ3) is 8.34. The molecule has 1 aliphatic heterocycles. The molecule has 0 radical (unpaired) electrons. The first-order valence-corrected chi connectivity index (χ1v) is 12.7. The second-order valence-electron chi connectivity index (χ2n) is 9.92. The molecule has 2 atom stereocenters. The van der Waals surface area contributed by atoms with Crippen LogP contribution in [0.1, 0.15) is 43.5 Å². The Morgan fingerprint density at radius 3 is 2.34 bits per heavy atom. The predicted molar refractivity (Wildman–Crippen MR) is 142 cm³/mol. The number of hydrogen-bond donors (Lipinski definition) is 2. The van der Waals surface area contributed by atoms with Gasteiger partial charge in [-0.25, -0.2) is 0 Å². The van der Waals surface area contributed by atoms with Crippen LogP contribution in [0.4, 0.5) is 0 Å². The van der Waals surface area contributed by atoms with Crippen LogP contribution in [0.3, 0.4) is 0 Å². The zero-order valence-corrected chi connectivity index (χ0v) is 23.8. The summed E-state index contributed by atoms with van der Waals surface area (Å²) < 4.78 is 11.5. The molecule has 2 rings (SSSR count). The maximum Gasteiger partial charge on any atom is 0.552 e. The van der Waals surface area contributed by atoms with Gasteiger partial charge in [-0.1, -0.05) is 37.0 Å². The van der Waals surface area contributed by atoms with E-state index in [-0.39, 0.29) is 22.9 Å². The molecule has 0 spiro atoms. The Balaban J connectivity index is 2.23.